The van der Waals surface area contributed by atoms with Crippen LogP contribution >= 0.6 is 0 Å². The molecule has 0 atom stereocenters. The lowest BCUT2D eigenvalue weighted by atomic mass is 9.34. The third kappa shape index (κ3) is 8.92. The van der Waals surface area contributed by atoms with Crippen LogP contribution in [-0.2, 0) is 21.7 Å². The van der Waals surface area contributed by atoms with Crippen molar-refractivity contribution in [3.8, 4) is 56.3 Å². The van der Waals surface area contributed by atoms with Gasteiger partial charge in [-0.25, -0.2) is 0 Å². The normalized spacial score (nSPS) is 13.3. The lowest BCUT2D eigenvalue weighted by Crippen LogP contribution is -2.59. The van der Waals surface area contributed by atoms with Crippen molar-refractivity contribution in [1.82, 2.24) is 14.1 Å². The summed E-state index contributed by atoms with van der Waals surface area (Å²) in [5.74, 6) is 1.68. The van der Waals surface area contributed by atoms with Gasteiger partial charge in [0.2, 0.25) is 0 Å². The molecular weight excluding hydrogens is 1060 g/mol. The fourth-order valence-corrected chi connectivity index (χ4v) is 13.9. The molecule has 0 N–H and O–H groups in total. The van der Waals surface area contributed by atoms with E-state index in [9.17, 15) is 0 Å². The zero-order valence-electron chi connectivity index (χ0n) is 52.1. The van der Waals surface area contributed by atoms with E-state index in [-0.39, 0.29) is 28.4 Å². The third-order valence-corrected chi connectivity index (χ3v) is 18.7. The number of para-hydroxylation sites is 1. The van der Waals surface area contributed by atoms with Gasteiger partial charge in [0.25, 0.3) is 6.71 Å². The van der Waals surface area contributed by atoms with E-state index in [2.05, 4.69) is 303 Å². The first-order valence-electron chi connectivity index (χ1n) is 30.9. The van der Waals surface area contributed by atoms with Crippen LogP contribution in [0.3, 0.4) is 0 Å². The summed E-state index contributed by atoms with van der Waals surface area (Å²) >= 11 is 0. The van der Waals surface area contributed by atoms with Gasteiger partial charge in [0.1, 0.15) is 11.5 Å². The van der Waals surface area contributed by atoms with Crippen LogP contribution in [-0.4, -0.2) is 20.8 Å². The zero-order chi connectivity index (χ0) is 60.1. The van der Waals surface area contributed by atoms with E-state index >= 15 is 0 Å². The second-order valence-electron chi connectivity index (χ2n) is 28.5. The van der Waals surface area contributed by atoms with Gasteiger partial charge in [-0.15, -0.1) is 0 Å². The Bertz CT molecular complexity index is 4730. The topological polar surface area (TPSA) is 35.2 Å². The fraction of sp³-hybridized carbons (Fsp3) is 0.198. The van der Waals surface area contributed by atoms with Crippen LogP contribution in [0.25, 0.3) is 88.4 Å². The van der Waals surface area contributed by atoms with Crippen molar-refractivity contribution in [2.45, 2.75) is 105 Å². The van der Waals surface area contributed by atoms with Crippen LogP contribution in [0.4, 0.5) is 17.1 Å². The summed E-state index contributed by atoms with van der Waals surface area (Å²) < 4.78 is 12.6. The maximum atomic E-state index is 7.59. The number of anilines is 3. The summed E-state index contributed by atoms with van der Waals surface area (Å²) in [4.78, 5) is 7.29. The van der Waals surface area contributed by atoms with Gasteiger partial charge in [0.15, 0.2) is 0 Å². The molecule has 0 spiro atoms. The quantitative estimate of drug-likeness (QED) is 0.156. The molecule has 0 amide bonds. The first-order chi connectivity index (χ1) is 41.7. The van der Waals surface area contributed by atoms with E-state index < -0.39 is 0 Å². The molecule has 13 aromatic rings. The number of rotatable bonds is 6. The molecule has 0 aliphatic carbocycles. The lowest BCUT2D eigenvalue weighted by molar-refractivity contribution is 0.487. The standard InChI is InChI=1S/C81H73BN4O/c1-78(2,3)54-28-36-68-62(43-54)63-44-55(79(4,5)6)29-37-69(63)84(68)58-32-34-66-72(47-58)86(77-60(50-21-15-13-16-22-50)26-19-27-61(77)51-23-17-14-18-24-51)73-41-53(52-25-20-40-83-49-52)42-75-76(73)82(66)67-35-33-59(48-74(67)87-75)85-70-38-30-56(80(7,8)9)45-64(70)65-46-57(81(10,11)12)31-39-71(65)85/h13-49H,1-12H3. The van der Waals surface area contributed by atoms with Crippen molar-refractivity contribution in [2.24, 2.45) is 0 Å². The van der Waals surface area contributed by atoms with Crippen molar-refractivity contribution in [2.75, 3.05) is 4.90 Å². The van der Waals surface area contributed by atoms with Gasteiger partial charge in [-0.3, -0.25) is 4.98 Å². The number of ether oxygens (including phenoxy) is 1. The van der Waals surface area contributed by atoms with Crippen molar-refractivity contribution in [3.63, 3.8) is 0 Å². The molecule has 2 aliphatic heterocycles. The van der Waals surface area contributed by atoms with Crippen LogP contribution in [0.15, 0.2) is 225 Å². The summed E-state index contributed by atoms with van der Waals surface area (Å²) in [7, 11) is 0. The molecule has 5 nitrogen and oxygen atoms in total. The number of fused-ring (bicyclic) bond motifs is 10. The Balaban J connectivity index is 1.03. The van der Waals surface area contributed by atoms with E-state index in [1.165, 1.54) is 71.3 Å². The highest BCUT2D eigenvalue weighted by molar-refractivity contribution is 6.99. The van der Waals surface area contributed by atoms with E-state index in [1.807, 2.05) is 18.5 Å². The number of nitrogens with zero attached hydrogens (tertiary/aromatic N) is 4. The Labute approximate surface area is 512 Å². The van der Waals surface area contributed by atoms with Crippen molar-refractivity contribution < 1.29 is 4.74 Å². The number of hydrogen-bond acceptors (Lipinski definition) is 3. The predicted octanol–water partition coefficient (Wildman–Crippen LogP) is 19.9. The van der Waals surface area contributed by atoms with E-state index in [0.717, 1.165) is 84.2 Å². The average molecular weight is 1130 g/mol. The van der Waals surface area contributed by atoms with Gasteiger partial charge in [-0.2, -0.15) is 0 Å². The number of pyridine rings is 1. The minimum Gasteiger partial charge on any atom is -0.458 e. The molecule has 15 rings (SSSR count). The number of hydrogen-bond donors (Lipinski definition) is 0. The highest BCUT2D eigenvalue weighted by Gasteiger charge is 2.44. The second-order valence-corrected chi connectivity index (χ2v) is 28.5. The summed E-state index contributed by atoms with van der Waals surface area (Å²) in [6, 6.07) is 80.2. The van der Waals surface area contributed by atoms with Gasteiger partial charge in [-0.05, 0) is 162 Å². The Kier molecular flexibility index (Phi) is 12.2. The Morgan fingerprint density at radius 2 is 0.805 bits per heavy atom. The van der Waals surface area contributed by atoms with Gasteiger partial charge in [0.05, 0.1) is 27.8 Å². The van der Waals surface area contributed by atoms with Crippen LogP contribution < -0.4 is 26.0 Å². The number of benzene rings is 10. The minimum atomic E-state index is -0.191. The zero-order valence-corrected chi connectivity index (χ0v) is 52.1. The van der Waals surface area contributed by atoms with E-state index in [0.29, 0.717) is 0 Å². The fourth-order valence-electron chi connectivity index (χ4n) is 13.9. The predicted molar refractivity (Wildman–Crippen MR) is 370 cm³/mol. The molecular formula is C81H73BN4O. The average Bonchev–Trinajstić information content (AvgIpc) is 1.12. The van der Waals surface area contributed by atoms with E-state index in [1.54, 1.807) is 0 Å². The Hall–Kier alpha value is -9.39. The van der Waals surface area contributed by atoms with Gasteiger partial charge < -0.3 is 18.8 Å². The maximum Gasteiger partial charge on any atom is 0.256 e. The summed E-state index contributed by atoms with van der Waals surface area (Å²) in [6.45, 7) is 27.5. The molecule has 2 aliphatic rings. The molecule has 6 heteroatoms. The van der Waals surface area contributed by atoms with Gasteiger partial charge >= 0.3 is 0 Å². The Morgan fingerprint density at radius 1 is 0.356 bits per heavy atom. The highest BCUT2D eigenvalue weighted by Crippen LogP contribution is 2.51. The largest absolute Gasteiger partial charge is 0.458 e. The second kappa shape index (κ2) is 19.6. The van der Waals surface area contributed by atoms with Crippen molar-refractivity contribution in [3.05, 3.63) is 247 Å². The maximum absolute atomic E-state index is 7.59. The van der Waals surface area contributed by atoms with Crippen LogP contribution in [0.1, 0.15) is 105 Å². The molecule has 5 heterocycles. The molecule has 426 valence electrons. The van der Waals surface area contributed by atoms with Crippen molar-refractivity contribution in [1.29, 1.82) is 0 Å². The van der Waals surface area contributed by atoms with Gasteiger partial charge in [0, 0.05) is 79.4 Å². The minimum absolute atomic E-state index is 0.0139. The molecule has 0 radical (unpaired) electrons. The van der Waals surface area contributed by atoms with Crippen LogP contribution in [0.2, 0.25) is 0 Å². The molecule has 3 aromatic heterocycles. The van der Waals surface area contributed by atoms with Gasteiger partial charge in [-0.1, -0.05) is 204 Å². The summed E-state index contributed by atoms with van der Waals surface area (Å²) in [5, 5.41) is 5.04. The summed E-state index contributed by atoms with van der Waals surface area (Å²) in [6.07, 6.45) is 3.83. The Morgan fingerprint density at radius 3 is 1.25 bits per heavy atom. The lowest BCUT2D eigenvalue weighted by Gasteiger charge is -2.42. The molecule has 87 heavy (non-hydrogen) atoms. The molecule has 10 aromatic carbocycles. The summed E-state index contributed by atoms with van der Waals surface area (Å²) in [5.41, 5.74) is 25.3. The third-order valence-electron chi connectivity index (χ3n) is 18.7. The first kappa shape index (κ1) is 54.3. The number of aromatic nitrogens is 3. The van der Waals surface area contributed by atoms with Crippen molar-refractivity contribution >= 4 is 83.8 Å². The molecule has 0 saturated carbocycles. The SMILES string of the molecule is CC(C)(C)c1ccc2c(c1)c1cc(C(C)(C)C)ccc1n2-c1ccc2c(c1)Oc1cc(-c3cccnc3)cc3c1B2c1ccc(-n2c4ccc(C(C)(C)C)cc4c4cc(C(C)(C)C)ccc42)cc1N3c1c(-c2ccccc2)cccc1-c1ccccc1. The van der Waals surface area contributed by atoms with E-state index in [4.69, 9.17) is 9.72 Å². The monoisotopic (exact) mass is 1130 g/mol. The van der Waals surface area contributed by atoms with Crippen LogP contribution in [0, 0.1) is 0 Å². The molecule has 0 bridgehead atoms. The first-order valence-corrected chi connectivity index (χ1v) is 30.9. The molecule has 0 fully saturated rings. The van der Waals surface area contributed by atoms with Crippen LogP contribution in [0.5, 0.6) is 11.5 Å². The smallest absolute Gasteiger partial charge is 0.256 e. The molecule has 0 unspecified atom stereocenters. The molecule has 0 saturated heterocycles. The highest BCUT2D eigenvalue weighted by atomic mass is 16.5.